The van der Waals surface area contributed by atoms with Gasteiger partial charge in [0.15, 0.2) is 0 Å². The number of carbonyl (C=O) groups is 1. The van der Waals surface area contributed by atoms with Crippen molar-refractivity contribution >= 4 is 5.91 Å². The van der Waals surface area contributed by atoms with E-state index < -0.39 is 0 Å². The Morgan fingerprint density at radius 3 is 2.52 bits per heavy atom. The maximum atomic E-state index is 12.5. The average Bonchev–Trinajstić information content (AvgIpc) is 2.62. The molecule has 1 amide bonds. The van der Waals surface area contributed by atoms with Crippen LogP contribution in [0.2, 0.25) is 0 Å². The van der Waals surface area contributed by atoms with Crippen LogP contribution in [0.4, 0.5) is 0 Å². The third kappa shape index (κ3) is 3.53. The number of rotatable bonds is 3. The number of amides is 1. The van der Waals surface area contributed by atoms with Gasteiger partial charge < -0.3 is 4.90 Å². The first-order valence-electron chi connectivity index (χ1n) is 7.87. The number of piperazine rings is 1. The summed E-state index contributed by atoms with van der Waals surface area (Å²) in [5.74, 6) is -0.0359. The van der Waals surface area contributed by atoms with Gasteiger partial charge in [0.2, 0.25) is 0 Å². The molecule has 6 heteroatoms. The largest absolute Gasteiger partial charge is 0.335 e. The first-order valence-corrected chi connectivity index (χ1v) is 7.87. The van der Waals surface area contributed by atoms with Crippen LogP contribution in [0, 0.1) is 6.92 Å². The zero-order valence-corrected chi connectivity index (χ0v) is 13.5. The maximum Gasteiger partial charge on any atom is 0.274 e. The summed E-state index contributed by atoms with van der Waals surface area (Å²) in [5.41, 5.74) is 2.44. The molecule has 1 saturated heterocycles. The van der Waals surface area contributed by atoms with E-state index in [1.165, 1.54) is 5.56 Å². The summed E-state index contributed by atoms with van der Waals surface area (Å²) in [4.78, 5) is 29.2. The first-order chi connectivity index (χ1) is 11.1. The minimum absolute atomic E-state index is 0.0359. The Hall–Kier alpha value is -2.34. The van der Waals surface area contributed by atoms with Crippen LogP contribution >= 0.6 is 0 Å². The van der Waals surface area contributed by atoms with Crippen molar-refractivity contribution in [2.45, 2.75) is 19.9 Å². The molecule has 120 valence electrons. The number of hydrogen-bond acceptors (Lipinski definition) is 5. The van der Waals surface area contributed by atoms with Crippen LogP contribution in [0.1, 0.15) is 34.7 Å². The topological polar surface area (TPSA) is 62.2 Å². The molecule has 0 bridgehead atoms. The predicted molar refractivity (Wildman–Crippen MR) is 86.9 cm³/mol. The van der Waals surface area contributed by atoms with E-state index >= 15 is 0 Å². The zero-order chi connectivity index (χ0) is 16.2. The Morgan fingerprint density at radius 1 is 1.13 bits per heavy atom. The van der Waals surface area contributed by atoms with Gasteiger partial charge in [-0.2, -0.15) is 0 Å². The lowest BCUT2D eigenvalue weighted by molar-refractivity contribution is 0.0576. The van der Waals surface area contributed by atoms with Crippen molar-refractivity contribution in [3.8, 4) is 0 Å². The van der Waals surface area contributed by atoms with Crippen LogP contribution in [0.5, 0.6) is 0 Å². The fourth-order valence-electron chi connectivity index (χ4n) is 2.81. The minimum Gasteiger partial charge on any atom is -0.335 e. The molecule has 6 nitrogen and oxygen atoms in total. The van der Waals surface area contributed by atoms with Crippen molar-refractivity contribution in [3.63, 3.8) is 0 Å². The van der Waals surface area contributed by atoms with E-state index in [0.29, 0.717) is 24.8 Å². The molecule has 1 aliphatic rings. The maximum absolute atomic E-state index is 12.5. The van der Waals surface area contributed by atoms with Crippen molar-refractivity contribution in [1.29, 1.82) is 0 Å². The van der Waals surface area contributed by atoms with E-state index in [0.717, 1.165) is 18.8 Å². The van der Waals surface area contributed by atoms with Gasteiger partial charge in [-0.15, -0.1) is 0 Å². The van der Waals surface area contributed by atoms with Crippen molar-refractivity contribution < 1.29 is 4.79 Å². The third-order valence-corrected chi connectivity index (χ3v) is 4.32. The van der Waals surface area contributed by atoms with Crippen LogP contribution in [-0.2, 0) is 0 Å². The van der Waals surface area contributed by atoms with Crippen LogP contribution in [0.15, 0.2) is 36.9 Å². The highest BCUT2D eigenvalue weighted by Crippen LogP contribution is 2.21. The summed E-state index contributed by atoms with van der Waals surface area (Å²) in [5, 5.41) is 0. The summed E-state index contributed by atoms with van der Waals surface area (Å²) in [6, 6.07) is 4.36. The van der Waals surface area contributed by atoms with E-state index in [1.807, 2.05) is 24.1 Å². The van der Waals surface area contributed by atoms with E-state index in [2.05, 4.69) is 32.8 Å². The quantitative estimate of drug-likeness (QED) is 0.863. The van der Waals surface area contributed by atoms with E-state index in [4.69, 9.17) is 0 Å². The Balaban J connectivity index is 1.60. The third-order valence-electron chi connectivity index (χ3n) is 4.32. The summed E-state index contributed by atoms with van der Waals surface area (Å²) >= 11 is 0. The highest BCUT2D eigenvalue weighted by atomic mass is 16.2. The molecular weight excluding hydrogens is 290 g/mol. The first kappa shape index (κ1) is 15.6. The molecule has 1 unspecified atom stereocenters. The molecule has 2 aromatic heterocycles. The van der Waals surface area contributed by atoms with Crippen molar-refractivity contribution in [3.05, 3.63) is 53.9 Å². The fraction of sp³-hybridized carbons (Fsp3) is 0.412. The number of nitrogens with zero attached hydrogens (tertiary/aromatic N) is 5. The number of aryl methyl sites for hydroxylation is 1. The number of aromatic nitrogens is 3. The van der Waals surface area contributed by atoms with Gasteiger partial charge >= 0.3 is 0 Å². The van der Waals surface area contributed by atoms with Crippen LogP contribution < -0.4 is 0 Å². The summed E-state index contributed by atoms with van der Waals surface area (Å²) in [6.45, 7) is 7.15. The van der Waals surface area contributed by atoms with Gasteiger partial charge in [-0.05, 0) is 25.5 Å². The van der Waals surface area contributed by atoms with Gasteiger partial charge in [0.25, 0.3) is 5.91 Å². The number of hydrogen-bond donors (Lipinski definition) is 0. The Morgan fingerprint density at radius 2 is 1.91 bits per heavy atom. The lowest BCUT2D eigenvalue weighted by Gasteiger charge is -2.38. The monoisotopic (exact) mass is 311 g/mol. The summed E-state index contributed by atoms with van der Waals surface area (Å²) in [6.07, 6.45) is 6.88. The lowest BCUT2D eigenvalue weighted by atomic mass is 10.1. The highest BCUT2D eigenvalue weighted by molar-refractivity contribution is 5.92. The normalized spacial score (nSPS) is 17.0. The molecule has 0 aromatic carbocycles. The van der Waals surface area contributed by atoms with Crippen LogP contribution in [-0.4, -0.2) is 56.8 Å². The molecule has 23 heavy (non-hydrogen) atoms. The van der Waals surface area contributed by atoms with Gasteiger partial charge in [-0.3, -0.25) is 19.7 Å². The molecule has 3 rings (SSSR count). The molecule has 2 aromatic rings. The summed E-state index contributed by atoms with van der Waals surface area (Å²) < 4.78 is 0. The average molecular weight is 311 g/mol. The smallest absolute Gasteiger partial charge is 0.274 e. The van der Waals surface area contributed by atoms with Crippen molar-refractivity contribution in [2.75, 3.05) is 26.2 Å². The molecule has 0 radical (unpaired) electrons. The second-order valence-electron chi connectivity index (χ2n) is 5.83. The van der Waals surface area contributed by atoms with Gasteiger partial charge in [0.05, 0.1) is 11.9 Å². The Bertz CT molecular complexity index is 650. The Kier molecular flexibility index (Phi) is 4.62. The molecule has 1 atom stereocenters. The molecule has 0 spiro atoms. The molecule has 0 N–H and O–H groups in total. The lowest BCUT2D eigenvalue weighted by Crippen LogP contribution is -2.49. The highest BCUT2D eigenvalue weighted by Gasteiger charge is 2.26. The van der Waals surface area contributed by atoms with Gasteiger partial charge in [0, 0.05) is 50.8 Å². The van der Waals surface area contributed by atoms with E-state index in [-0.39, 0.29) is 5.91 Å². The van der Waals surface area contributed by atoms with Gasteiger partial charge in [-0.1, -0.05) is 6.07 Å². The van der Waals surface area contributed by atoms with Gasteiger partial charge in [0.1, 0.15) is 5.69 Å². The second kappa shape index (κ2) is 6.83. The van der Waals surface area contributed by atoms with E-state index in [9.17, 15) is 4.79 Å². The van der Waals surface area contributed by atoms with Crippen LogP contribution in [0.3, 0.4) is 0 Å². The zero-order valence-electron chi connectivity index (χ0n) is 13.5. The summed E-state index contributed by atoms with van der Waals surface area (Å²) in [7, 11) is 0. The molecular formula is C17H21N5O. The predicted octanol–water partition coefficient (Wildman–Crippen LogP) is 1.70. The SMILES string of the molecule is Cc1cnc(C(=O)N2CCN(C(C)c3cccnc3)CC2)cn1. The van der Waals surface area contributed by atoms with Crippen molar-refractivity contribution in [2.24, 2.45) is 0 Å². The number of carbonyl (C=O) groups excluding carboxylic acids is 1. The molecule has 0 aliphatic carbocycles. The van der Waals surface area contributed by atoms with Gasteiger partial charge in [-0.25, -0.2) is 4.98 Å². The second-order valence-corrected chi connectivity index (χ2v) is 5.83. The standard InChI is InChI=1S/C17H21N5O/c1-13-10-20-16(12-19-13)17(23)22-8-6-21(7-9-22)14(2)15-4-3-5-18-11-15/h3-5,10-12,14H,6-9H2,1-2H3. The van der Waals surface area contributed by atoms with Crippen LogP contribution in [0.25, 0.3) is 0 Å². The minimum atomic E-state index is -0.0359. The molecule has 3 heterocycles. The molecule has 1 fully saturated rings. The van der Waals surface area contributed by atoms with E-state index in [1.54, 1.807) is 18.6 Å². The Labute approximate surface area is 136 Å². The molecule has 1 aliphatic heterocycles. The molecule has 0 saturated carbocycles. The fourth-order valence-corrected chi connectivity index (χ4v) is 2.81. The van der Waals surface area contributed by atoms with Crippen molar-refractivity contribution in [1.82, 2.24) is 24.8 Å². The number of pyridine rings is 1.